The van der Waals surface area contributed by atoms with Crippen LogP contribution in [-0.2, 0) is 11.3 Å². The van der Waals surface area contributed by atoms with Crippen molar-refractivity contribution in [2.24, 2.45) is 4.99 Å². The maximum Gasteiger partial charge on any atom is 0.337 e. The summed E-state index contributed by atoms with van der Waals surface area (Å²) < 4.78 is 4.89. The first kappa shape index (κ1) is 22.9. The van der Waals surface area contributed by atoms with Crippen molar-refractivity contribution in [2.45, 2.75) is 25.8 Å². The number of aliphatic imine (C=N–C) groups is 1. The quantitative estimate of drug-likeness (QED) is 0.277. The highest BCUT2D eigenvalue weighted by Gasteiger charge is 2.20. The van der Waals surface area contributed by atoms with Crippen LogP contribution in [0, 0.1) is 0 Å². The minimum atomic E-state index is -0.430. The van der Waals surface area contributed by atoms with Crippen LogP contribution < -0.4 is 0 Å². The van der Waals surface area contributed by atoms with E-state index in [1.54, 1.807) is 18.2 Å². The molecular formula is C29H29N3O3. The average molecular weight is 468 g/mol. The predicted octanol–water partition coefficient (Wildman–Crippen LogP) is 5.82. The van der Waals surface area contributed by atoms with Gasteiger partial charge in [0.05, 0.1) is 29.6 Å². The average Bonchev–Trinajstić information content (AvgIpc) is 3.23. The molecular weight excluding hydrogens is 438 g/mol. The van der Waals surface area contributed by atoms with E-state index in [2.05, 4.69) is 22.0 Å². The van der Waals surface area contributed by atoms with E-state index in [4.69, 9.17) is 9.73 Å². The Morgan fingerprint density at radius 1 is 0.971 bits per heavy atom. The molecule has 0 unspecified atom stereocenters. The summed E-state index contributed by atoms with van der Waals surface area (Å²) in [4.78, 5) is 22.6. The fourth-order valence-electron chi connectivity index (χ4n) is 4.70. The number of nitrogens with one attached hydrogen (secondary N) is 1. The Kier molecular flexibility index (Phi) is 6.64. The summed E-state index contributed by atoms with van der Waals surface area (Å²) >= 11 is 0. The summed E-state index contributed by atoms with van der Waals surface area (Å²) in [5.41, 5.74) is 5.23. The Morgan fingerprint density at radius 3 is 2.43 bits per heavy atom. The van der Waals surface area contributed by atoms with Gasteiger partial charge in [0.25, 0.3) is 0 Å². The van der Waals surface area contributed by atoms with Gasteiger partial charge in [-0.3, -0.25) is 4.90 Å². The predicted molar refractivity (Wildman–Crippen MR) is 139 cm³/mol. The number of H-pyrrole nitrogens is 1. The van der Waals surface area contributed by atoms with Crippen molar-refractivity contribution >= 4 is 28.3 Å². The van der Waals surface area contributed by atoms with Gasteiger partial charge in [-0.1, -0.05) is 48.9 Å². The third-order valence-corrected chi connectivity index (χ3v) is 6.52. The molecule has 0 bridgehead atoms. The second-order valence-corrected chi connectivity index (χ2v) is 8.93. The Labute approximate surface area is 204 Å². The third-order valence-electron chi connectivity index (χ3n) is 6.52. The van der Waals surface area contributed by atoms with Gasteiger partial charge in [-0.15, -0.1) is 0 Å². The van der Waals surface area contributed by atoms with Crippen molar-refractivity contribution in [3.05, 3.63) is 95.1 Å². The molecule has 35 heavy (non-hydrogen) atoms. The van der Waals surface area contributed by atoms with Gasteiger partial charge < -0.3 is 14.8 Å². The van der Waals surface area contributed by atoms with Crippen LogP contribution in [0.1, 0.15) is 46.3 Å². The van der Waals surface area contributed by atoms with Crippen molar-refractivity contribution in [1.29, 1.82) is 0 Å². The van der Waals surface area contributed by atoms with E-state index in [0.717, 1.165) is 30.9 Å². The van der Waals surface area contributed by atoms with E-state index in [1.165, 1.54) is 31.9 Å². The fraction of sp³-hybridized carbons (Fsp3) is 0.241. The number of rotatable bonds is 6. The number of hydrogen-bond donors (Lipinski definition) is 2. The van der Waals surface area contributed by atoms with E-state index >= 15 is 0 Å². The molecule has 1 aliphatic rings. The number of hydrogen-bond acceptors (Lipinski definition) is 5. The third kappa shape index (κ3) is 4.98. The first-order valence-corrected chi connectivity index (χ1v) is 12.0. The zero-order chi connectivity index (χ0) is 24.2. The number of aromatic nitrogens is 1. The van der Waals surface area contributed by atoms with Gasteiger partial charge in [0.15, 0.2) is 5.88 Å². The molecule has 1 fully saturated rings. The van der Waals surface area contributed by atoms with E-state index in [0.29, 0.717) is 27.7 Å². The molecule has 178 valence electrons. The van der Waals surface area contributed by atoms with Crippen molar-refractivity contribution in [3.8, 4) is 5.88 Å². The minimum absolute atomic E-state index is 0.00587. The molecule has 2 heterocycles. The first-order chi connectivity index (χ1) is 17.1. The summed E-state index contributed by atoms with van der Waals surface area (Å²) in [6.45, 7) is 3.27. The summed E-state index contributed by atoms with van der Waals surface area (Å²) in [5, 5.41) is 11.6. The Hall–Kier alpha value is -3.90. The summed E-state index contributed by atoms with van der Waals surface area (Å²) in [6.07, 6.45) is 3.87. The van der Waals surface area contributed by atoms with Crippen LogP contribution in [-0.4, -0.2) is 46.9 Å². The molecule has 1 saturated heterocycles. The molecule has 6 nitrogen and oxygen atoms in total. The van der Waals surface area contributed by atoms with Gasteiger partial charge in [-0.05, 0) is 61.8 Å². The molecule has 0 amide bonds. The van der Waals surface area contributed by atoms with Crippen LogP contribution in [0.2, 0.25) is 0 Å². The molecule has 2 N–H and O–H groups in total. The number of ether oxygens (including phenoxy) is 1. The zero-order valence-electron chi connectivity index (χ0n) is 19.8. The van der Waals surface area contributed by atoms with Crippen LogP contribution in [0.4, 0.5) is 5.69 Å². The number of likely N-dealkylation sites (tertiary alicyclic amines) is 1. The van der Waals surface area contributed by atoms with Crippen LogP contribution in [0.3, 0.4) is 0 Å². The number of methoxy groups -OCH3 is 1. The number of fused-ring (bicyclic) bond motifs is 1. The smallest absolute Gasteiger partial charge is 0.337 e. The highest BCUT2D eigenvalue weighted by molar-refractivity contribution is 6.22. The number of piperidine rings is 1. The SMILES string of the molecule is COC(=O)c1ccc2[nH]c(O)c(C(=Nc3ccc(CN4CCCCC4)cc3)c3ccccc3)c2c1. The van der Waals surface area contributed by atoms with Crippen molar-refractivity contribution in [2.75, 3.05) is 20.2 Å². The number of aromatic hydroxyl groups is 1. The molecule has 4 aromatic rings. The number of nitrogens with zero attached hydrogens (tertiary/aromatic N) is 2. The lowest BCUT2D eigenvalue weighted by Gasteiger charge is -2.26. The second kappa shape index (κ2) is 10.2. The summed E-state index contributed by atoms with van der Waals surface area (Å²) in [5.74, 6) is -0.424. The lowest BCUT2D eigenvalue weighted by molar-refractivity contribution is 0.0601. The van der Waals surface area contributed by atoms with Crippen LogP contribution in [0.25, 0.3) is 10.9 Å². The number of benzene rings is 3. The van der Waals surface area contributed by atoms with Crippen LogP contribution >= 0.6 is 0 Å². The summed E-state index contributed by atoms with van der Waals surface area (Å²) in [7, 11) is 1.35. The van der Waals surface area contributed by atoms with Gasteiger partial charge >= 0.3 is 5.97 Å². The lowest BCUT2D eigenvalue weighted by Crippen LogP contribution is -2.28. The molecule has 0 aliphatic carbocycles. The molecule has 0 spiro atoms. The molecule has 6 heteroatoms. The van der Waals surface area contributed by atoms with Gasteiger partial charge in [0.2, 0.25) is 0 Å². The number of esters is 1. The zero-order valence-corrected chi connectivity index (χ0v) is 19.8. The number of carbonyl (C=O) groups excluding carboxylic acids is 1. The Morgan fingerprint density at radius 2 is 1.71 bits per heavy atom. The monoisotopic (exact) mass is 467 g/mol. The topological polar surface area (TPSA) is 77.9 Å². The van der Waals surface area contributed by atoms with Crippen molar-refractivity contribution in [3.63, 3.8) is 0 Å². The van der Waals surface area contributed by atoms with Crippen LogP contribution in [0.15, 0.2) is 77.8 Å². The molecule has 0 saturated carbocycles. The lowest BCUT2D eigenvalue weighted by atomic mass is 9.99. The Bertz CT molecular complexity index is 1350. The number of carbonyl (C=O) groups is 1. The Balaban J connectivity index is 1.56. The largest absolute Gasteiger partial charge is 0.494 e. The van der Waals surface area contributed by atoms with Gasteiger partial charge in [-0.2, -0.15) is 0 Å². The first-order valence-electron chi connectivity index (χ1n) is 12.0. The van der Waals surface area contributed by atoms with E-state index in [9.17, 15) is 9.90 Å². The summed E-state index contributed by atoms with van der Waals surface area (Å²) in [6, 6.07) is 23.2. The van der Waals surface area contributed by atoms with Crippen LogP contribution in [0.5, 0.6) is 5.88 Å². The number of aromatic amines is 1. The molecule has 0 atom stereocenters. The highest BCUT2D eigenvalue weighted by Crippen LogP contribution is 2.32. The van der Waals surface area contributed by atoms with Gasteiger partial charge in [0.1, 0.15) is 0 Å². The molecule has 0 radical (unpaired) electrons. The fourth-order valence-corrected chi connectivity index (χ4v) is 4.70. The molecule has 3 aromatic carbocycles. The normalized spacial score (nSPS) is 14.8. The molecule has 1 aliphatic heterocycles. The van der Waals surface area contributed by atoms with Crippen molar-refractivity contribution in [1.82, 2.24) is 9.88 Å². The van der Waals surface area contributed by atoms with Gasteiger partial charge in [-0.25, -0.2) is 9.79 Å². The maximum absolute atomic E-state index is 12.2. The second-order valence-electron chi connectivity index (χ2n) is 8.93. The standard InChI is InChI=1S/C29H29N3O3/c1-35-29(34)22-12-15-25-24(18-22)26(28(33)31-25)27(21-8-4-2-5-9-21)30-23-13-10-20(11-14-23)19-32-16-6-3-7-17-32/h2,4-5,8-15,18,31,33H,3,6-7,16-17,19H2,1H3. The van der Waals surface area contributed by atoms with E-state index in [-0.39, 0.29) is 5.88 Å². The van der Waals surface area contributed by atoms with Gasteiger partial charge in [0, 0.05) is 23.0 Å². The van der Waals surface area contributed by atoms with E-state index < -0.39 is 5.97 Å². The maximum atomic E-state index is 12.2. The van der Waals surface area contributed by atoms with Crippen molar-refractivity contribution < 1.29 is 14.6 Å². The molecule has 1 aromatic heterocycles. The van der Waals surface area contributed by atoms with E-state index in [1.807, 2.05) is 42.5 Å². The highest BCUT2D eigenvalue weighted by atomic mass is 16.5. The molecule has 5 rings (SSSR count). The minimum Gasteiger partial charge on any atom is -0.494 e.